The summed E-state index contributed by atoms with van der Waals surface area (Å²) in [5.74, 6) is 1.99. The number of para-hydroxylation sites is 2. The van der Waals surface area contributed by atoms with Crippen molar-refractivity contribution >= 4 is 11.0 Å². The standard InChI is InChI=1S/C20H23N3O2/c1-23-11-9-15(10-12-23)25-18-8-3-2-5-14(18)13-19-21-16-6-4-7-17(24)20(16)22-19/h2-8,15,24H,9-13H2,1H3,(H,21,22). The number of benzene rings is 2. The van der Waals surface area contributed by atoms with E-state index in [0.717, 1.165) is 48.6 Å². The monoisotopic (exact) mass is 337 g/mol. The highest BCUT2D eigenvalue weighted by Gasteiger charge is 2.19. The molecule has 2 N–H and O–H groups in total. The molecule has 5 heteroatoms. The molecule has 0 saturated carbocycles. The fourth-order valence-corrected chi connectivity index (χ4v) is 3.38. The van der Waals surface area contributed by atoms with Crippen LogP contribution in [-0.4, -0.2) is 46.2 Å². The lowest BCUT2D eigenvalue weighted by atomic mass is 10.1. The summed E-state index contributed by atoms with van der Waals surface area (Å²) < 4.78 is 6.29. The molecule has 1 saturated heterocycles. The minimum absolute atomic E-state index is 0.229. The van der Waals surface area contributed by atoms with Gasteiger partial charge in [0, 0.05) is 25.1 Å². The van der Waals surface area contributed by atoms with Gasteiger partial charge in [0.15, 0.2) is 0 Å². The summed E-state index contributed by atoms with van der Waals surface area (Å²) in [6, 6.07) is 13.5. The molecule has 0 bridgehead atoms. The number of imidazole rings is 1. The number of hydrogen-bond acceptors (Lipinski definition) is 4. The van der Waals surface area contributed by atoms with Gasteiger partial charge < -0.3 is 19.7 Å². The molecule has 0 spiro atoms. The predicted molar refractivity (Wildman–Crippen MR) is 98.2 cm³/mol. The number of phenols is 1. The highest BCUT2D eigenvalue weighted by Crippen LogP contribution is 2.27. The Morgan fingerprint density at radius 2 is 1.96 bits per heavy atom. The van der Waals surface area contributed by atoms with Gasteiger partial charge in [-0.1, -0.05) is 24.3 Å². The molecular formula is C20H23N3O2. The third-order valence-electron chi connectivity index (χ3n) is 4.83. The van der Waals surface area contributed by atoms with Crippen LogP contribution in [-0.2, 0) is 6.42 Å². The summed E-state index contributed by atoms with van der Waals surface area (Å²) in [6.07, 6.45) is 3.04. The van der Waals surface area contributed by atoms with Crippen molar-refractivity contribution in [1.29, 1.82) is 0 Å². The molecule has 1 fully saturated rings. The van der Waals surface area contributed by atoms with Crippen molar-refractivity contribution < 1.29 is 9.84 Å². The molecule has 2 heterocycles. The number of phenolic OH excluding ortho intramolecular Hbond substituents is 1. The first-order chi connectivity index (χ1) is 12.2. The molecule has 0 unspecified atom stereocenters. The number of aromatic nitrogens is 2. The molecule has 1 aromatic heterocycles. The molecular weight excluding hydrogens is 314 g/mol. The Hall–Kier alpha value is -2.53. The van der Waals surface area contributed by atoms with Crippen LogP contribution in [0.3, 0.4) is 0 Å². The number of H-pyrrole nitrogens is 1. The maximum Gasteiger partial charge on any atom is 0.141 e. The molecule has 1 aliphatic rings. The van der Waals surface area contributed by atoms with Crippen molar-refractivity contribution in [3.8, 4) is 11.5 Å². The van der Waals surface area contributed by atoms with Crippen molar-refractivity contribution in [3.63, 3.8) is 0 Å². The van der Waals surface area contributed by atoms with E-state index in [0.29, 0.717) is 11.9 Å². The molecule has 25 heavy (non-hydrogen) atoms. The summed E-state index contributed by atoms with van der Waals surface area (Å²) in [5, 5.41) is 9.94. The number of fused-ring (bicyclic) bond motifs is 1. The zero-order chi connectivity index (χ0) is 17.2. The third-order valence-corrected chi connectivity index (χ3v) is 4.83. The van der Waals surface area contributed by atoms with Crippen LogP contribution in [0.1, 0.15) is 24.2 Å². The summed E-state index contributed by atoms with van der Waals surface area (Å²) in [5.41, 5.74) is 2.58. The van der Waals surface area contributed by atoms with Crippen LogP contribution in [0.5, 0.6) is 11.5 Å². The highest BCUT2D eigenvalue weighted by atomic mass is 16.5. The lowest BCUT2D eigenvalue weighted by Gasteiger charge is -2.29. The van der Waals surface area contributed by atoms with Crippen molar-refractivity contribution in [1.82, 2.24) is 14.9 Å². The fraction of sp³-hybridized carbons (Fsp3) is 0.350. The van der Waals surface area contributed by atoms with E-state index < -0.39 is 0 Å². The highest BCUT2D eigenvalue weighted by molar-refractivity contribution is 5.81. The molecule has 130 valence electrons. The van der Waals surface area contributed by atoms with Crippen LogP contribution in [0.25, 0.3) is 11.0 Å². The van der Waals surface area contributed by atoms with E-state index in [1.807, 2.05) is 24.3 Å². The summed E-state index contributed by atoms with van der Waals surface area (Å²) in [6.45, 7) is 2.16. The van der Waals surface area contributed by atoms with Gasteiger partial charge in [-0.25, -0.2) is 4.98 Å². The van der Waals surface area contributed by atoms with E-state index >= 15 is 0 Å². The van der Waals surface area contributed by atoms with Gasteiger partial charge in [-0.15, -0.1) is 0 Å². The maximum atomic E-state index is 9.94. The normalized spacial score (nSPS) is 16.4. The predicted octanol–water partition coefficient (Wildman–Crippen LogP) is 3.33. The smallest absolute Gasteiger partial charge is 0.141 e. The number of ether oxygens (including phenoxy) is 1. The van der Waals surface area contributed by atoms with E-state index in [9.17, 15) is 5.11 Å². The van der Waals surface area contributed by atoms with Crippen LogP contribution in [0.4, 0.5) is 0 Å². The van der Waals surface area contributed by atoms with E-state index in [-0.39, 0.29) is 11.9 Å². The number of aromatic hydroxyl groups is 1. The van der Waals surface area contributed by atoms with Crippen LogP contribution in [0.15, 0.2) is 42.5 Å². The van der Waals surface area contributed by atoms with Gasteiger partial charge in [0.05, 0.1) is 5.52 Å². The summed E-state index contributed by atoms with van der Waals surface area (Å²) in [4.78, 5) is 10.2. The van der Waals surface area contributed by atoms with E-state index in [4.69, 9.17) is 4.74 Å². The van der Waals surface area contributed by atoms with Crippen molar-refractivity contribution in [2.75, 3.05) is 20.1 Å². The molecule has 1 aliphatic heterocycles. The first kappa shape index (κ1) is 16.0. The molecule has 0 amide bonds. The Balaban J connectivity index is 1.54. The minimum Gasteiger partial charge on any atom is -0.506 e. The van der Waals surface area contributed by atoms with Gasteiger partial charge in [0.1, 0.15) is 28.9 Å². The average Bonchev–Trinajstić information content (AvgIpc) is 3.03. The van der Waals surface area contributed by atoms with Gasteiger partial charge in [-0.2, -0.15) is 0 Å². The molecule has 0 aliphatic carbocycles. The Bertz CT molecular complexity index is 866. The third kappa shape index (κ3) is 3.46. The van der Waals surface area contributed by atoms with Crippen molar-refractivity contribution in [3.05, 3.63) is 53.9 Å². The second-order valence-corrected chi connectivity index (χ2v) is 6.76. The van der Waals surface area contributed by atoms with Crippen LogP contribution in [0.2, 0.25) is 0 Å². The molecule has 0 radical (unpaired) electrons. The number of likely N-dealkylation sites (tertiary alicyclic amines) is 1. The van der Waals surface area contributed by atoms with Gasteiger partial charge in [-0.05, 0) is 38.1 Å². The molecule has 3 aromatic rings. The number of hydrogen-bond donors (Lipinski definition) is 2. The molecule has 5 nitrogen and oxygen atoms in total. The number of rotatable bonds is 4. The topological polar surface area (TPSA) is 61.4 Å². The number of nitrogens with one attached hydrogen (secondary N) is 1. The van der Waals surface area contributed by atoms with Gasteiger partial charge in [0.25, 0.3) is 0 Å². The summed E-state index contributed by atoms with van der Waals surface area (Å²) in [7, 11) is 2.15. The quantitative estimate of drug-likeness (QED) is 0.766. The Labute approximate surface area is 147 Å². The lowest BCUT2D eigenvalue weighted by molar-refractivity contribution is 0.113. The van der Waals surface area contributed by atoms with E-state index in [1.165, 1.54) is 0 Å². The number of nitrogens with zero attached hydrogens (tertiary/aromatic N) is 2. The average molecular weight is 337 g/mol. The fourth-order valence-electron chi connectivity index (χ4n) is 3.38. The van der Waals surface area contributed by atoms with Crippen LogP contribution >= 0.6 is 0 Å². The van der Waals surface area contributed by atoms with Gasteiger partial charge >= 0.3 is 0 Å². The van der Waals surface area contributed by atoms with E-state index in [1.54, 1.807) is 12.1 Å². The second kappa shape index (κ2) is 6.76. The van der Waals surface area contributed by atoms with Crippen molar-refractivity contribution in [2.24, 2.45) is 0 Å². The largest absolute Gasteiger partial charge is 0.506 e. The second-order valence-electron chi connectivity index (χ2n) is 6.76. The van der Waals surface area contributed by atoms with Gasteiger partial charge in [0.2, 0.25) is 0 Å². The molecule has 2 aromatic carbocycles. The summed E-state index contributed by atoms with van der Waals surface area (Å²) >= 11 is 0. The number of piperidine rings is 1. The Morgan fingerprint density at radius 1 is 1.16 bits per heavy atom. The first-order valence-electron chi connectivity index (χ1n) is 8.79. The van der Waals surface area contributed by atoms with Gasteiger partial charge in [-0.3, -0.25) is 0 Å². The molecule has 0 atom stereocenters. The minimum atomic E-state index is 0.229. The van der Waals surface area contributed by atoms with Crippen LogP contribution in [0, 0.1) is 0 Å². The zero-order valence-corrected chi connectivity index (χ0v) is 14.4. The van der Waals surface area contributed by atoms with Crippen molar-refractivity contribution in [2.45, 2.75) is 25.4 Å². The van der Waals surface area contributed by atoms with Crippen LogP contribution < -0.4 is 4.74 Å². The SMILES string of the molecule is CN1CCC(Oc2ccccc2Cc2nc3cccc(O)c3[nH]2)CC1. The van der Waals surface area contributed by atoms with E-state index in [2.05, 4.69) is 28.0 Å². The number of aromatic amines is 1. The zero-order valence-electron chi connectivity index (χ0n) is 14.4. The maximum absolute atomic E-state index is 9.94. The first-order valence-corrected chi connectivity index (χ1v) is 8.79. The molecule has 4 rings (SSSR count). The Morgan fingerprint density at radius 3 is 2.76 bits per heavy atom. The Kier molecular flexibility index (Phi) is 4.32. The lowest BCUT2D eigenvalue weighted by Crippen LogP contribution is -2.35.